The number of aromatic nitrogens is 1. The smallest absolute Gasteiger partial charge is 0.172 e. The van der Waals surface area contributed by atoms with Crippen LogP contribution in [0.5, 0.6) is 5.75 Å². The van der Waals surface area contributed by atoms with Gasteiger partial charge in [-0.25, -0.2) is 4.98 Å². The number of aryl methyl sites for hydroxylation is 1. The molecule has 0 saturated carbocycles. The van der Waals surface area contributed by atoms with E-state index in [0.29, 0.717) is 12.0 Å². The van der Waals surface area contributed by atoms with Crippen molar-refractivity contribution in [3.05, 3.63) is 23.5 Å². The fourth-order valence-electron chi connectivity index (χ4n) is 1.05. The third-order valence-electron chi connectivity index (χ3n) is 2.13. The van der Waals surface area contributed by atoms with E-state index in [9.17, 15) is 9.90 Å². The highest BCUT2D eigenvalue weighted by Crippen LogP contribution is 2.17. The molecule has 0 radical (unpaired) electrons. The molecule has 15 heavy (non-hydrogen) atoms. The van der Waals surface area contributed by atoms with Crippen molar-refractivity contribution in [3.63, 3.8) is 0 Å². The van der Waals surface area contributed by atoms with Crippen LogP contribution in [0.25, 0.3) is 0 Å². The van der Waals surface area contributed by atoms with Crippen LogP contribution in [0.2, 0.25) is 0 Å². The van der Waals surface area contributed by atoms with Crippen LogP contribution in [0.15, 0.2) is 12.1 Å². The predicted molar refractivity (Wildman–Crippen MR) is 56.1 cm³/mol. The molecule has 0 aliphatic carbocycles. The Balaban J connectivity index is 2.89. The third-order valence-corrected chi connectivity index (χ3v) is 2.13. The van der Waals surface area contributed by atoms with Crippen molar-refractivity contribution in [1.82, 2.24) is 4.98 Å². The van der Waals surface area contributed by atoms with Gasteiger partial charge in [0, 0.05) is 5.69 Å². The number of carbonyl (C=O) groups excluding carboxylic acids is 1. The van der Waals surface area contributed by atoms with Crippen LogP contribution in [-0.2, 0) is 0 Å². The first-order valence-electron chi connectivity index (χ1n) is 4.82. The summed E-state index contributed by atoms with van der Waals surface area (Å²) in [6.45, 7) is 5.17. The van der Waals surface area contributed by atoms with E-state index >= 15 is 0 Å². The topological polar surface area (TPSA) is 59.4 Å². The van der Waals surface area contributed by atoms with Crippen molar-refractivity contribution in [3.8, 4) is 5.75 Å². The lowest BCUT2D eigenvalue weighted by molar-refractivity contribution is 0.0594. The molecule has 1 rings (SSSR count). The zero-order chi connectivity index (χ0) is 11.4. The molecule has 0 aromatic carbocycles. The second-order valence-corrected chi connectivity index (χ2v) is 3.52. The molecule has 2 atom stereocenters. The Morgan fingerprint density at radius 1 is 1.47 bits per heavy atom. The van der Waals surface area contributed by atoms with E-state index in [1.807, 2.05) is 0 Å². The number of aliphatic hydroxyl groups is 1. The van der Waals surface area contributed by atoms with Crippen molar-refractivity contribution < 1.29 is 14.6 Å². The Labute approximate surface area is 88.9 Å². The van der Waals surface area contributed by atoms with Crippen LogP contribution in [0.1, 0.15) is 30.0 Å². The van der Waals surface area contributed by atoms with Gasteiger partial charge in [0.2, 0.25) is 0 Å². The molecule has 1 aromatic heterocycles. The Hall–Kier alpha value is -1.42. The van der Waals surface area contributed by atoms with E-state index in [0.717, 1.165) is 5.69 Å². The average molecular weight is 209 g/mol. The minimum absolute atomic E-state index is 0.266. The summed E-state index contributed by atoms with van der Waals surface area (Å²) in [6, 6.07) is 3.45. The summed E-state index contributed by atoms with van der Waals surface area (Å²) in [4.78, 5) is 14.8. The van der Waals surface area contributed by atoms with Crippen LogP contribution >= 0.6 is 0 Å². The molecule has 0 amide bonds. The number of pyridine rings is 1. The molecule has 0 aliphatic heterocycles. The molecule has 1 heterocycles. The Morgan fingerprint density at radius 3 is 2.67 bits per heavy atom. The number of hydrogen-bond donors (Lipinski definition) is 1. The normalized spacial score (nSPS) is 14.4. The summed E-state index contributed by atoms with van der Waals surface area (Å²) in [7, 11) is 0. The number of rotatable bonds is 4. The van der Waals surface area contributed by atoms with E-state index in [4.69, 9.17) is 4.74 Å². The molecule has 2 unspecified atom stereocenters. The SMILES string of the molecule is Cc1ccc(OC(C)C(C)O)c(C=O)n1. The lowest BCUT2D eigenvalue weighted by atomic mass is 10.2. The zero-order valence-electron chi connectivity index (χ0n) is 9.10. The van der Waals surface area contributed by atoms with Crippen molar-refractivity contribution >= 4 is 6.29 Å². The summed E-state index contributed by atoms with van der Waals surface area (Å²) < 4.78 is 5.41. The molecule has 0 bridgehead atoms. The highest BCUT2D eigenvalue weighted by Gasteiger charge is 2.13. The predicted octanol–water partition coefficient (Wildman–Crippen LogP) is 1.35. The van der Waals surface area contributed by atoms with Crippen molar-refractivity contribution in [1.29, 1.82) is 0 Å². The van der Waals surface area contributed by atoms with E-state index in [2.05, 4.69) is 4.98 Å². The van der Waals surface area contributed by atoms with Gasteiger partial charge in [0.15, 0.2) is 6.29 Å². The van der Waals surface area contributed by atoms with Crippen molar-refractivity contribution in [2.45, 2.75) is 33.0 Å². The minimum Gasteiger partial charge on any atom is -0.486 e. The molecular formula is C11H15NO3. The maximum Gasteiger partial charge on any atom is 0.172 e. The molecule has 4 nitrogen and oxygen atoms in total. The first-order chi connectivity index (χ1) is 7.04. The zero-order valence-corrected chi connectivity index (χ0v) is 9.10. The van der Waals surface area contributed by atoms with Gasteiger partial charge < -0.3 is 9.84 Å². The Bertz CT molecular complexity index is 350. The van der Waals surface area contributed by atoms with E-state index in [-0.39, 0.29) is 11.8 Å². The first-order valence-corrected chi connectivity index (χ1v) is 4.82. The van der Waals surface area contributed by atoms with Gasteiger partial charge in [-0.1, -0.05) is 0 Å². The molecule has 1 N–H and O–H groups in total. The summed E-state index contributed by atoms with van der Waals surface area (Å²) in [6.07, 6.45) is -0.309. The molecule has 0 fully saturated rings. The van der Waals surface area contributed by atoms with Gasteiger partial charge in [0.05, 0.1) is 6.10 Å². The van der Waals surface area contributed by atoms with E-state index in [1.165, 1.54) is 0 Å². The highest BCUT2D eigenvalue weighted by molar-refractivity contribution is 5.76. The lowest BCUT2D eigenvalue weighted by Gasteiger charge is -2.17. The van der Waals surface area contributed by atoms with Gasteiger partial charge in [-0.15, -0.1) is 0 Å². The second-order valence-electron chi connectivity index (χ2n) is 3.52. The van der Waals surface area contributed by atoms with Gasteiger partial charge in [0.25, 0.3) is 0 Å². The quantitative estimate of drug-likeness (QED) is 0.760. The Kier molecular flexibility index (Phi) is 3.80. The van der Waals surface area contributed by atoms with Crippen LogP contribution in [0, 0.1) is 6.92 Å². The van der Waals surface area contributed by atoms with Crippen LogP contribution in [-0.4, -0.2) is 28.6 Å². The molecule has 4 heteroatoms. The molecule has 0 aliphatic rings. The highest BCUT2D eigenvalue weighted by atomic mass is 16.5. The Morgan fingerprint density at radius 2 is 2.13 bits per heavy atom. The summed E-state index contributed by atoms with van der Waals surface area (Å²) in [5, 5.41) is 9.27. The maximum atomic E-state index is 10.7. The lowest BCUT2D eigenvalue weighted by Crippen LogP contribution is -2.26. The van der Waals surface area contributed by atoms with E-state index < -0.39 is 6.10 Å². The molecule has 1 aromatic rings. The van der Waals surface area contributed by atoms with Gasteiger partial charge in [-0.05, 0) is 32.9 Å². The van der Waals surface area contributed by atoms with Gasteiger partial charge in [-0.2, -0.15) is 0 Å². The monoisotopic (exact) mass is 209 g/mol. The van der Waals surface area contributed by atoms with E-state index in [1.54, 1.807) is 32.9 Å². The number of carbonyl (C=O) groups is 1. The molecule has 0 spiro atoms. The van der Waals surface area contributed by atoms with Gasteiger partial charge >= 0.3 is 0 Å². The summed E-state index contributed by atoms with van der Waals surface area (Å²) in [5.41, 5.74) is 1.02. The third kappa shape index (κ3) is 3.02. The largest absolute Gasteiger partial charge is 0.486 e. The molecule has 82 valence electrons. The van der Waals surface area contributed by atoms with Crippen molar-refractivity contribution in [2.75, 3.05) is 0 Å². The summed E-state index contributed by atoms with van der Waals surface area (Å²) in [5.74, 6) is 0.406. The van der Waals surface area contributed by atoms with Gasteiger partial charge in [-0.3, -0.25) is 4.79 Å². The van der Waals surface area contributed by atoms with Gasteiger partial charge in [0.1, 0.15) is 17.5 Å². The fourth-order valence-corrected chi connectivity index (χ4v) is 1.05. The number of hydrogen-bond acceptors (Lipinski definition) is 4. The fraction of sp³-hybridized carbons (Fsp3) is 0.455. The van der Waals surface area contributed by atoms with Crippen LogP contribution in [0.4, 0.5) is 0 Å². The number of ether oxygens (including phenoxy) is 1. The maximum absolute atomic E-state index is 10.7. The average Bonchev–Trinajstić information content (AvgIpc) is 2.20. The number of nitrogens with zero attached hydrogens (tertiary/aromatic N) is 1. The second kappa shape index (κ2) is 4.89. The number of aldehydes is 1. The standard InChI is InChI=1S/C11H15NO3/c1-7-4-5-11(10(6-13)12-7)15-9(3)8(2)14/h4-6,8-9,14H,1-3H3. The minimum atomic E-state index is -0.592. The van der Waals surface area contributed by atoms with Crippen LogP contribution < -0.4 is 4.74 Å². The van der Waals surface area contributed by atoms with Crippen LogP contribution in [0.3, 0.4) is 0 Å². The summed E-state index contributed by atoms with van der Waals surface area (Å²) >= 11 is 0. The first kappa shape index (κ1) is 11.7. The molecule has 0 saturated heterocycles. The molecular weight excluding hydrogens is 194 g/mol. The number of aliphatic hydroxyl groups excluding tert-OH is 1. The van der Waals surface area contributed by atoms with Crippen molar-refractivity contribution in [2.24, 2.45) is 0 Å².